The van der Waals surface area contributed by atoms with E-state index in [2.05, 4.69) is 49.3 Å². The molecule has 132 valence electrons. The lowest BCUT2D eigenvalue weighted by Gasteiger charge is -2.27. The van der Waals surface area contributed by atoms with Gasteiger partial charge in [-0.1, -0.05) is 39.0 Å². The first-order chi connectivity index (χ1) is 11.3. The third kappa shape index (κ3) is 6.10. The molecule has 1 aliphatic heterocycles. The molecular weight excluding hydrogens is 298 g/mol. The number of carbonyl (C=O) groups is 1. The van der Waals surface area contributed by atoms with Crippen molar-refractivity contribution in [2.24, 2.45) is 5.41 Å². The number of allylic oxidation sites excluding steroid dienone is 2. The summed E-state index contributed by atoms with van der Waals surface area (Å²) in [5.41, 5.74) is 3.29. The minimum Gasteiger partial charge on any atom is -0.351 e. The van der Waals surface area contributed by atoms with Gasteiger partial charge in [0.05, 0.1) is 0 Å². The van der Waals surface area contributed by atoms with E-state index in [0.29, 0.717) is 6.54 Å². The largest absolute Gasteiger partial charge is 0.351 e. The van der Waals surface area contributed by atoms with Crippen LogP contribution in [0.3, 0.4) is 0 Å². The zero-order valence-corrected chi connectivity index (χ0v) is 15.5. The Balaban J connectivity index is 1.85. The molecule has 0 aliphatic carbocycles. The minimum absolute atomic E-state index is 0.00846. The highest BCUT2D eigenvalue weighted by Gasteiger charge is 2.11. The Hall–Kier alpha value is -1.65. The topological polar surface area (TPSA) is 44.4 Å². The number of hydrogen-bond donors (Lipinski definition) is 2. The van der Waals surface area contributed by atoms with Crippen molar-refractivity contribution in [1.29, 1.82) is 0 Å². The lowest BCUT2D eigenvalue weighted by atomic mass is 9.91. The summed E-state index contributed by atoms with van der Waals surface area (Å²) in [6.45, 7) is 14.5. The van der Waals surface area contributed by atoms with Gasteiger partial charge in [0.25, 0.3) is 5.91 Å². The molecule has 1 amide bonds. The Morgan fingerprint density at radius 3 is 2.33 bits per heavy atom. The number of piperazine rings is 1. The second-order valence-corrected chi connectivity index (χ2v) is 7.62. The zero-order chi connectivity index (χ0) is 17.6. The lowest BCUT2D eigenvalue weighted by Crippen LogP contribution is -2.46. The fourth-order valence-corrected chi connectivity index (χ4v) is 2.98. The van der Waals surface area contributed by atoms with Gasteiger partial charge < -0.3 is 10.6 Å². The van der Waals surface area contributed by atoms with E-state index in [1.54, 1.807) is 0 Å². The summed E-state index contributed by atoms with van der Waals surface area (Å²) in [5.74, 6) is 0.00846. The van der Waals surface area contributed by atoms with Crippen LogP contribution >= 0.6 is 0 Å². The maximum atomic E-state index is 12.2. The number of hydrogen-bond acceptors (Lipinski definition) is 3. The summed E-state index contributed by atoms with van der Waals surface area (Å²) in [6.07, 6.45) is 2.26. The normalized spacial score (nSPS) is 16.9. The van der Waals surface area contributed by atoms with Gasteiger partial charge in [0, 0.05) is 44.8 Å². The predicted molar refractivity (Wildman–Crippen MR) is 101 cm³/mol. The molecule has 0 atom stereocenters. The van der Waals surface area contributed by atoms with Crippen LogP contribution in [0.25, 0.3) is 5.57 Å². The Bertz CT molecular complexity index is 564. The molecule has 0 unspecified atom stereocenters. The molecule has 24 heavy (non-hydrogen) atoms. The maximum absolute atomic E-state index is 12.2. The molecule has 1 aromatic carbocycles. The smallest absolute Gasteiger partial charge is 0.251 e. The number of benzene rings is 1. The summed E-state index contributed by atoms with van der Waals surface area (Å²) < 4.78 is 0. The van der Waals surface area contributed by atoms with Crippen LogP contribution in [-0.2, 0) is 0 Å². The number of carbonyl (C=O) groups excluding carboxylic acids is 1. The zero-order valence-electron chi connectivity index (χ0n) is 15.5. The molecule has 0 bridgehead atoms. The second-order valence-electron chi connectivity index (χ2n) is 7.62. The molecule has 4 nitrogen and oxygen atoms in total. The molecule has 1 saturated heterocycles. The van der Waals surface area contributed by atoms with E-state index in [0.717, 1.165) is 38.3 Å². The summed E-state index contributed by atoms with van der Waals surface area (Å²) >= 11 is 0. The Labute approximate surface area is 146 Å². The van der Waals surface area contributed by atoms with E-state index in [1.165, 1.54) is 11.1 Å². The van der Waals surface area contributed by atoms with Gasteiger partial charge in [-0.15, -0.1) is 0 Å². The van der Waals surface area contributed by atoms with Gasteiger partial charge in [0.1, 0.15) is 0 Å². The second kappa shape index (κ2) is 8.45. The van der Waals surface area contributed by atoms with Crippen LogP contribution in [0.5, 0.6) is 0 Å². The van der Waals surface area contributed by atoms with Crippen molar-refractivity contribution < 1.29 is 4.79 Å². The molecule has 1 aliphatic rings. The molecular formula is C20H31N3O. The molecule has 0 saturated carbocycles. The molecule has 0 spiro atoms. The fraction of sp³-hybridized carbons (Fsp3) is 0.550. The average molecular weight is 329 g/mol. The highest BCUT2D eigenvalue weighted by Crippen LogP contribution is 2.23. The van der Waals surface area contributed by atoms with Gasteiger partial charge in [0.15, 0.2) is 0 Å². The van der Waals surface area contributed by atoms with Crippen LogP contribution < -0.4 is 10.6 Å². The van der Waals surface area contributed by atoms with Crippen molar-refractivity contribution in [2.75, 3.05) is 39.3 Å². The van der Waals surface area contributed by atoms with Crippen molar-refractivity contribution in [2.45, 2.75) is 27.7 Å². The van der Waals surface area contributed by atoms with E-state index < -0.39 is 0 Å². The first kappa shape index (κ1) is 18.7. The summed E-state index contributed by atoms with van der Waals surface area (Å²) in [7, 11) is 0. The van der Waals surface area contributed by atoms with E-state index in [4.69, 9.17) is 0 Å². The van der Waals surface area contributed by atoms with Crippen molar-refractivity contribution in [3.63, 3.8) is 0 Å². The van der Waals surface area contributed by atoms with Crippen molar-refractivity contribution >= 4 is 11.5 Å². The molecule has 2 rings (SSSR count). The van der Waals surface area contributed by atoms with E-state index in [9.17, 15) is 4.79 Å². The third-order valence-corrected chi connectivity index (χ3v) is 4.18. The number of amides is 1. The number of nitrogens with zero attached hydrogens (tertiary/aromatic N) is 1. The summed E-state index contributed by atoms with van der Waals surface area (Å²) in [4.78, 5) is 14.6. The van der Waals surface area contributed by atoms with Gasteiger partial charge in [-0.05, 0) is 35.6 Å². The first-order valence-corrected chi connectivity index (χ1v) is 8.86. The van der Waals surface area contributed by atoms with Crippen LogP contribution in [0.15, 0.2) is 30.3 Å². The van der Waals surface area contributed by atoms with E-state index >= 15 is 0 Å². The molecule has 2 N–H and O–H groups in total. The van der Waals surface area contributed by atoms with Crippen molar-refractivity contribution in [1.82, 2.24) is 15.5 Å². The van der Waals surface area contributed by atoms with Gasteiger partial charge >= 0.3 is 0 Å². The molecule has 1 aromatic rings. The van der Waals surface area contributed by atoms with Crippen LogP contribution in [0, 0.1) is 5.41 Å². The summed E-state index contributed by atoms with van der Waals surface area (Å²) in [5, 5.41) is 6.35. The monoisotopic (exact) mass is 329 g/mol. The van der Waals surface area contributed by atoms with Gasteiger partial charge in [-0.3, -0.25) is 9.69 Å². The van der Waals surface area contributed by atoms with Gasteiger partial charge in [-0.25, -0.2) is 0 Å². The number of rotatable bonds is 5. The summed E-state index contributed by atoms with van der Waals surface area (Å²) in [6, 6.07) is 7.89. The van der Waals surface area contributed by atoms with E-state index in [-0.39, 0.29) is 11.3 Å². The predicted octanol–water partition coefficient (Wildman–Crippen LogP) is 2.77. The van der Waals surface area contributed by atoms with Gasteiger partial charge in [-0.2, -0.15) is 0 Å². The molecule has 1 heterocycles. The van der Waals surface area contributed by atoms with Crippen LogP contribution in [-0.4, -0.2) is 50.1 Å². The molecule has 0 radical (unpaired) electrons. The maximum Gasteiger partial charge on any atom is 0.251 e. The lowest BCUT2D eigenvalue weighted by molar-refractivity contribution is 0.0947. The first-order valence-electron chi connectivity index (χ1n) is 8.86. The third-order valence-electron chi connectivity index (χ3n) is 4.18. The molecule has 1 fully saturated rings. The van der Waals surface area contributed by atoms with Crippen molar-refractivity contribution in [3.05, 3.63) is 41.5 Å². The highest BCUT2D eigenvalue weighted by atomic mass is 16.1. The Kier molecular flexibility index (Phi) is 6.58. The van der Waals surface area contributed by atoms with Crippen LogP contribution in [0.2, 0.25) is 0 Å². The highest BCUT2D eigenvalue weighted by molar-refractivity contribution is 5.94. The molecule has 0 aromatic heterocycles. The van der Waals surface area contributed by atoms with E-state index in [1.807, 2.05) is 24.3 Å². The van der Waals surface area contributed by atoms with Crippen LogP contribution in [0.1, 0.15) is 43.6 Å². The Morgan fingerprint density at radius 1 is 1.17 bits per heavy atom. The van der Waals surface area contributed by atoms with Crippen molar-refractivity contribution in [3.8, 4) is 0 Å². The minimum atomic E-state index is 0.00846. The standard InChI is InChI=1S/C20H31N3O/c1-16(15-20(2,3)4)17-5-7-18(8-6-17)19(24)22-11-14-23-12-9-21-10-13-23/h5-8,15,21H,9-14H2,1-4H3,(H,22,24)/b16-15+. The molecule has 4 heteroatoms. The fourth-order valence-electron chi connectivity index (χ4n) is 2.98. The van der Waals surface area contributed by atoms with Gasteiger partial charge in [0.2, 0.25) is 0 Å². The quantitative estimate of drug-likeness (QED) is 0.873. The SMILES string of the molecule is C/C(=C\C(C)(C)C)c1ccc(C(=O)NCCN2CCNCC2)cc1. The average Bonchev–Trinajstić information content (AvgIpc) is 2.54. The number of nitrogens with one attached hydrogen (secondary N) is 2. The Morgan fingerprint density at radius 2 is 1.75 bits per heavy atom. The van der Waals surface area contributed by atoms with Crippen LogP contribution in [0.4, 0.5) is 0 Å².